The molecule has 3 aromatic rings. The number of hydrogen-bond donors (Lipinski definition) is 0. The topological polar surface area (TPSA) is 82.2 Å². The van der Waals surface area contributed by atoms with E-state index in [0.717, 1.165) is 11.0 Å². The molecule has 1 spiro atoms. The first-order valence-corrected chi connectivity index (χ1v) is 9.92. The lowest BCUT2D eigenvalue weighted by Gasteiger charge is -2.36. The highest BCUT2D eigenvalue weighted by Crippen LogP contribution is 2.43. The molecular formula is C21H23N5O3. The number of likely N-dealkylation sites (tertiary alicyclic amines) is 1. The molecule has 5 rings (SSSR count). The number of ether oxygens (including phenoxy) is 1. The van der Waals surface area contributed by atoms with Crippen LogP contribution < -0.4 is 0 Å². The third kappa shape index (κ3) is 3.08. The maximum atomic E-state index is 12.7. The van der Waals surface area contributed by atoms with Crippen LogP contribution in [0.5, 0.6) is 0 Å². The van der Waals surface area contributed by atoms with Crippen molar-refractivity contribution in [2.75, 3.05) is 13.1 Å². The lowest BCUT2D eigenvalue weighted by Crippen LogP contribution is -2.45. The summed E-state index contributed by atoms with van der Waals surface area (Å²) in [5.41, 5.74) is 1.94. The minimum atomic E-state index is -0.484. The summed E-state index contributed by atoms with van der Waals surface area (Å²) in [6.45, 7) is 1.70. The predicted octanol–water partition coefficient (Wildman–Crippen LogP) is 2.01. The highest BCUT2D eigenvalue weighted by Gasteiger charge is 2.51. The zero-order chi connectivity index (χ0) is 20.0. The van der Waals surface area contributed by atoms with Gasteiger partial charge in [0, 0.05) is 32.8 Å². The lowest BCUT2D eigenvalue weighted by molar-refractivity contribution is -0.150. The quantitative estimate of drug-likeness (QED) is 0.636. The number of esters is 1. The summed E-state index contributed by atoms with van der Waals surface area (Å²) in [7, 11) is 1.84. The number of piperidine rings is 1. The number of amides is 1. The average molecular weight is 393 g/mol. The summed E-state index contributed by atoms with van der Waals surface area (Å²) in [6, 6.07) is 7.94. The Morgan fingerprint density at radius 1 is 1.21 bits per heavy atom. The molecule has 0 saturated carbocycles. The van der Waals surface area contributed by atoms with Crippen molar-refractivity contribution in [2.24, 2.45) is 12.5 Å². The third-order valence-corrected chi connectivity index (χ3v) is 6.18. The van der Waals surface area contributed by atoms with Crippen molar-refractivity contribution in [3.8, 4) is 0 Å². The number of imidazole rings is 2. The third-order valence-electron chi connectivity index (χ3n) is 6.18. The zero-order valence-corrected chi connectivity index (χ0v) is 16.3. The smallest absolute Gasteiger partial charge is 0.312 e. The van der Waals surface area contributed by atoms with E-state index in [1.165, 1.54) is 0 Å². The normalized spacial score (nSPS) is 21.1. The highest BCUT2D eigenvalue weighted by atomic mass is 16.6. The van der Waals surface area contributed by atoms with Gasteiger partial charge in [-0.25, -0.2) is 9.97 Å². The van der Waals surface area contributed by atoms with Crippen LogP contribution >= 0.6 is 0 Å². The second-order valence-corrected chi connectivity index (χ2v) is 8.11. The molecule has 2 aliphatic rings. The lowest BCUT2D eigenvalue weighted by atomic mass is 9.76. The summed E-state index contributed by atoms with van der Waals surface area (Å²) in [6.07, 6.45) is 6.93. The SMILES string of the molecule is Cn1cnc(C(=O)N2CCC3(CC2)CC(Cn2cnc4ccccc42)OC3=O)c1. The van der Waals surface area contributed by atoms with Gasteiger partial charge in [-0.3, -0.25) is 9.59 Å². The maximum Gasteiger partial charge on any atom is 0.312 e. The van der Waals surface area contributed by atoms with Crippen LogP contribution in [0.2, 0.25) is 0 Å². The second-order valence-electron chi connectivity index (χ2n) is 8.11. The van der Waals surface area contributed by atoms with Crippen LogP contribution in [0.25, 0.3) is 11.0 Å². The van der Waals surface area contributed by atoms with Crippen molar-refractivity contribution in [2.45, 2.75) is 31.9 Å². The molecule has 1 aromatic carbocycles. The van der Waals surface area contributed by atoms with Crippen LogP contribution in [0.1, 0.15) is 29.8 Å². The molecule has 0 radical (unpaired) electrons. The molecule has 1 unspecified atom stereocenters. The number of aromatic nitrogens is 4. The Labute approximate surface area is 168 Å². The summed E-state index contributed by atoms with van der Waals surface area (Å²) in [5.74, 6) is -0.204. The summed E-state index contributed by atoms with van der Waals surface area (Å²) < 4.78 is 9.56. The van der Waals surface area contributed by atoms with E-state index in [4.69, 9.17) is 4.74 Å². The van der Waals surface area contributed by atoms with Crippen LogP contribution in [-0.4, -0.2) is 55.1 Å². The van der Waals surface area contributed by atoms with E-state index in [2.05, 4.69) is 9.97 Å². The number of benzene rings is 1. The van der Waals surface area contributed by atoms with E-state index < -0.39 is 5.41 Å². The summed E-state index contributed by atoms with van der Waals surface area (Å²) >= 11 is 0. The van der Waals surface area contributed by atoms with Gasteiger partial charge in [0.05, 0.1) is 35.6 Å². The second kappa shape index (κ2) is 6.72. The average Bonchev–Trinajstić information content (AvgIpc) is 3.41. The Morgan fingerprint density at radius 2 is 2.00 bits per heavy atom. The standard InChI is InChI=1S/C21H23N5O3/c1-24-12-17(22-13-24)19(27)25-8-6-21(7-9-25)10-15(29-20(21)28)11-26-14-23-16-4-2-3-5-18(16)26/h2-5,12-15H,6-11H2,1H3. The molecule has 2 saturated heterocycles. The van der Waals surface area contributed by atoms with Crippen molar-refractivity contribution in [3.63, 3.8) is 0 Å². The summed E-state index contributed by atoms with van der Waals surface area (Å²) in [4.78, 5) is 35.7. The number of carbonyl (C=O) groups excluding carboxylic acids is 2. The van der Waals surface area contributed by atoms with Crippen LogP contribution in [-0.2, 0) is 23.1 Å². The Balaban J connectivity index is 1.25. The Bertz CT molecular complexity index is 1080. The monoisotopic (exact) mass is 393 g/mol. The first kappa shape index (κ1) is 17.9. The number of hydrogen-bond acceptors (Lipinski definition) is 5. The molecule has 0 N–H and O–H groups in total. The molecule has 1 amide bonds. The van der Waals surface area contributed by atoms with Gasteiger partial charge in [0.25, 0.3) is 5.91 Å². The van der Waals surface area contributed by atoms with Gasteiger partial charge in [-0.2, -0.15) is 0 Å². The number of cyclic esters (lactones) is 1. The Hall–Kier alpha value is -3.16. The number of fused-ring (bicyclic) bond motifs is 1. The fourth-order valence-corrected chi connectivity index (χ4v) is 4.55. The first-order chi connectivity index (χ1) is 14.0. The van der Waals surface area contributed by atoms with E-state index in [1.54, 1.807) is 28.3 Å². The minimum absolute atomic E-state index is 0.0757. The Morgan fingerprint density at radius 3 is 2.76 bits per heavy atom. The molecular weight excluding hydrogens is 370 g/mol. The molecule has 8 heteroatoms. The Kier molecular flexibility index (Phi) is 4.15. The minimum Gasteiger partial charge on any atom is -0.460 e. The van der Waals surface area contributed by atoms with E-state index in [0.29, 0.717) is 44.6 Å². The molecule has 29 heavy (non-hydrogen) atoms. The van der Waals surface area contributed by atoms with Gasteiger partial charge in [-0.05, 0) is 25.0 Å². The molecule has 0 aliphatic carbocycles. The fourth-order valence-electron chi connectivity index (χ4n) is 4.55. The number of rotatable bonds is 3. The van der Waals surface area contributed by atoms with E-state index in [9.17, 15) is 9.59 Å². The molecule has 2 fully saturated rings. The number of aryl methyl sites for hydroxylation is 1. The van der Waals surface area contributed by atoms with Crippen LogP contribution in [0, 0.1) is 5.41 Å². The van der Waals surface area contributed by atoms with Crippen LogP contribution in [0.4, 0.5) is 0 Å². The predicted molar refractivity (Wildman–Crippen MR) is 105 cm³/mol. The number of nitrogens with zero attached hydrogens (tertiary/aromatic N) is 5. The maximum absolute atomic E-state index is 12.7. The molecule has 1 atom stereocenters. The fraction of sp³-hybridized carbons (Fsp3) is 0.429. The molecule has 150 valence electrons. The van der Waals surface area contributed by atoms with E-state index in [-0.39, 0.29) is 18.0 Å². The zero-order valence-electron chi connectivity index (χ0n) is 16.3. The van der Waals surface area contributed by atoms with Gasteiger partial charge in [-0.1, -0.05) is 12.1 Å². The number of carbonyl (C=O) groups is 2. The molecule has 0 bridgehead atoms. The molecule has 8 nitrogen and oxygen atoms in total. The van der Waals surface area contributed by atoms with E-state index >= 15 is 0 Å². The van der Waals surface area contributed by atoms with Gasteiger partial charge >= 0.3 is 5.97 Å². The molecule has 4 heterocycles. The first-order valence-electron chi connectivity index (χ1n) is 9.92. The molecule has 2 aromatic heterocycles. The van der Waals surface area contributed by atoms with Crippen LogP contribution in [0.15, 0.2) is 43.1 Å². The van der Waals surface area contributed by atoms with Crippen molar-refractivity contribution in [1.29, 1.82) is 0 Å². The number of para-hydroxylation sites is 2. The van der Waals surface area contributed by atoms with Crippen molar-refractivity contribution in [1.82, 2.24) is 24.0 Å². The van der Waals surface area contributed by atoms with Gasteiger partial charge in [0.15, 0.2) is 0 Å². The van der Waals surface area contributed by atoms with Gasteiger partial charge in [-0.15, -0.1) is 0 Å². The van der Waals surface area contributed by atoms with E-state index in [1.807, 2.05) is 35.9 Å². The van der Waals surface area contributed by atoms with Crippen LogP contribution in [0.3, 0.4) is 0 Å². The highest BCUT2D eigenvalue weighted by molar-refractivity contribution is 5.92. The van der Waals surface area contributed by atoms with Crippen molar-refractivity contribution < 1.29 is 14.3 Å². The van der Waals surface area contributed by atoms with Gasteiger partial charge in [0.1, 0.15) is 11.8 Å². The largest absolute Gasteiger partial charge is 0.460 e. The molecule has 2 aliphatic heterocycles. The summed E-state index contributed by atoms with van der Waals surface area (Å²) in [5, 5.41) is 0. The van der Waals surface area contributed by atoms with Crippen molar-refractivity contribution in [3.05, 3.63) is 48.8 Å². The van der Waals surface area contributed by atoms with Crippen molar-refractivity contribution >= 4 is 22.9 Å². The van der Waals surface area contributed by atoms with Gasteiger partial charge in [0.2, 0.25) is 0 Å². The van der Waals surface area contributed by atoms with Gasteiger partial charge < -0.3 is 18.8 Å².